The highest BCUT2D eigenvalue weighted by Gasteiger charge is 2.53. The smallest absolute Gasteiger partial charge is 0.196 e. The van der Waals surface area contributed by atoms with Gasteiger partial charge in [-0.2, -0.15) is 0 Å². The van der Waals surface area contributed by atoms with E-state index < -0.39 is 11.2 Å². The second-order valence-electron chi connectivity index (χ2n) is 9.56. The first kappa shape index (κ1) is 23.1. The van der Waals surface area contributed by atoms with E-state index in [4.69, 9.17) is 13.9 Å². The second-order valence-corrected chi connectivity index (χ2v) is 9.56. The Morgan fingerprint density at radius 3 is 2.51 bits per heavy atom. The molecule has 182 valence electrons. The molecule has 0 aliphatic carbocycles. The van der Waals surface area contributed by atoms with E-state index in [1.807, 2.05) is 54.0 Å². The highest BCUT2D eigenvalue weighted by Crippen LogP contribution is 2.45. The Hall–Kier alpha value is -3.65. The van der Waals surface area contributed by atoms with Gasteiger partial charge in [-0.1, -0.05) is 23.8 Å². The summed E-state index contributed by atoms with van der Waals surface area (Å²) in [5, 5.41) is 20.4. The average Bonchev–Trinajstić information content (AvgIpc) is 3.46. The van der Waals surface area contributed by atoms with Crippen molar-refractivity contribution in [1.82, 2.24) is 19.7 Å². The normalized spacial score (nSPS) is 17.8. The lowest BCUT2D eigenvalue weighted by atomic mass is 9.79. The quantitative estimate of drug-likeness (QED) is 0.417. The number of benzene rings is 2. The minimum Gasteiger partial charge on any atom is -0.496 e. The van der Waals surface area contributed by atoms with Crippen LogP contribution in [0, 0.1) is 13.8 Å². The SMILES string of the molecule is COc1cc(-c2nnc3n2CCCC3(Oc2ccc(C)cc2)C(C)(C)O)ccc1-c1cnc(C)o1. The number of hydrogen-bond acceptors (Lipinski definition) is 7. The number of methoxy groups -OCH3 is 1. The lowest BCUT2D eigenvalue weighted by molar-refractivity contribution is -0.137. The predicted octanol–water partition coefficient (Wildman–Crippen LogP) is 5.06. The number of oxazole rings is 1. The van der Waals surface area contributed by atoms with Crippen molar-refractivity contribution in [2.75, 3.05) is 7.11 Å². The summed E-state index contributed by atoms with van der Waals surface area (Å²) in [7, 11) is 1.62. The summed E-state index contributed by atoms with van der Waals surface area (Å²) in [5.41, 5.74) is 0.548. The molecule has 2 aromatic heterocycles. The number of fused-ring (bicyclic) bond motifs is 1. The van der Waals surface area contributed by atoms with Crippen LogP contribution in [0.1, 0.15) is 44.0 Å². The van der Waals surface area contributed by atoms with Crippen LogP contribution in [0.3, 0.4) is 0 Å². The number of aryl methyl sites for hydroxylation is 2. The summed E-state index contributed by atoms with van der Waals surface area (Å²) in [6.07, 6.45) is 3.11. The number of aromatic nitrogens is 4. The van der Waals surface area contributed by atoms with Crippen molar-refractivity contribution < 1.29 is 19.0 Å². The lowest BCUT2D eigenvalue weighted by Crippen LogP contribution is -2.55. The highest BCUT2D eigenvalue weighted by atomic mass is 16.5. The molecule has 0 bridgehead atoms. The molecular weight excluding hydrogens is 444 g/mol. The Balaban J connectivity index is 1.58. The third kappa shape index (κ3) is 3.97. The first-order chi connectivity index (χ1) is 16.7. The van der Waals surface area contributed by atoms with Gasteiger partial charge in [0.25, 0.3) is 0 Å². The first-order valence-corrected chi connectivity index (χ1v) is 11.7. The van der Waals surface area contributed by atoms with Crippen LogP contribution in [0.15, 0.2) is 53.1 Å². The molecule has 1 aliphatic heterocycles. The van der Waals surface area contributed by atoms with Crippen LogP contribution in [0.4, 0.5) is 0 Å². The van der Waals surface area contributed by atoms with E-state index in [0.717, 1.165) is 29.7 Å². The van der Waals surface area contributed by atoms with Crippen molar-refractivity contribution in [1.29, 1.82) is 0 Å². The zero-order valence-electron chi connectivity index (χ0n) is 20.7. The summed E-state index contributed by atoms with van der Waals surface area (Å²) >= 11 is 0. The standard InChI is InChI=1S/C27H30N4O4/c1-17-7-10-20(11-8-17)35-27(26(3,4)32)13-6-14-31-24(29-30-25(27)31)19-9-12-21(22(15-19)33-5)23-16-28-18(2)34-23/h7-12,15-16,32H,6,13-14H2,1-5H3. The van der Waals surface area contributed by atoms with Crippen molar-refractivity contribution in [2.45, 2.75) is 58.3 Å². The average molecular weight is 475 g/mol. The monoisotopic (exact) mass is 474 g/mol. The summed E-state index contributed by atoms with van der Waals surface area (Å²) in [6, 6.07) is 13.7. The van der Waals surface area contributed by atoms with Crippen LogP contribution in [0.5, 0.6) is 11.5 Å². The van der Waals surface area contributed by atoms with Gasteiger partial charge >= 0.3 is 0 Å². The molecular formula is C27H30N4O4. The fourth-order valence-electron chi connectivity index (χ4n) is 4.75. The molecule has 1 unspecified atom stereocenters. The molecule has 1 atom stereocenters. The van der Waals surface area contributed by atoms with Crippen molar-refractivity contribution in [3.8, 4) is 34.2 Å². The minimum absolute atomic E-state index is 0.592. The number of hydrogen-bond donors (Lipinski definition) is 1. The van der Waals surface area contributed by atoms with Crippen molar-refractivity contribution in [2.24, 2.45) is 0 Å². The Kier molecular flexibility index (Phi) is 5.63. The third-order valence-electron chi connectivity index (χ3n) is 6.67. The van der Waals surface area contributed by atoms with Gasteiger partial charge in [0.1, 0.15) is 17.1 Å². The van der Waals surface area contributed by atoms with E-state index in [0.29, 0.717) is 41.2 Å². The second kappa shape index (κ2) is 8.53. The number of aliphatic hydroxyl groups is 1. The van der Waals surface area contributed by atoms with Crippen LogP contribution in [0.25, 0.3) is 22.7 Å². The molecule has 3 heterocycles. The van der Waals surface area contributed by atoms with Gasteiger partial charge in [-0.05, 0) is 57.9 Å². The maximum Gasteiger partial charge on any atom is 0.196 e. The zero-order chi connectivity index (χ0) is 24.8. The summed E-state index contributed by atoms with van der Waals surface area (Å²) < 4.78 is 19.9. The molecule has 5 rings (SSSR count). The molecule has 2 aromatic carbocycles. The molecule has 0 fully saturated rings. The van der Waals surface area contributed by atoms with Gasteiger partial charge in [0, 0.05) is 19.0 Å². The Labute approximate surface area is 204 Å². The lowest BCUT2D eigenvalue weighted by Gasteiger charge is -2.44. The zero-order valence-corrected chi connectivity index (χ0v) is 20.7. The molecule has 0 spiro atoms. The Morgan fingerprint density at radius 1 is 1.09 bits per heavy atom. The Morgan fingerprint density at radius 2 is 1.86 bits per heavy atom. The van der Waals surface area contributed by atoms with E-state index >= 15 is 0 Å². The van der Waals surface area contributed by atoms with E-state index in [1.165, 1.54) is 0 Å². The van der Waals surface area contributed by atoms with Crippen LogP contribution in [-0.2, 0) is 12.1 Å². The molecule has 1 aliphatic rings. The number of ether oxygens (including phenoxy) is 2. The molecule has 1 N–H and O–H groups in total. The molecule has 0 saturated heterocycles. The van der Waals surface area contributed by atoms with Gasteiger partial charge in [0.15, 0.2) is 28.9 Å². The molecule has 8 nitrogen and oxygen atoms in total. The molecule has 0 radical (unpaired) electrons. The topological polar surface area (TPSA) is 95.4 Å². The van der Waals surface area contributed by atoms with Crippen LogP contribution < -0.4 is 9.47 Å². The van der Waals surface area contributed by atoms with Gasteiger partial charge in [-0.25, -0.2) is 4.98 Å². The molecule has 0 amide bonds. The van der Waals surface area contributed by atoms with E-state index in [-0.39, 0.29) is 0 Å². The van der Waals surface area contributed by atoms with Gasteiger partial charge in [0.2, 0.25) is 0 Å². The minimum atomic E-state index is -1.20. The van der Waals surface area contributed by atoms with Gasteiger partial charge in [0.05, 0.1) is 18.9 Å². The van der Waals surface area contributed by atoms with E-state index in [1.54, 1.807) is 34.1 Å². The molecule has 4 aromatic rings. The predicted molar refractivity (Wildman–Crippen MR) is 131 cm³/mol. The van der Waals surface area contributed by atoms with E-state index in [9.17, 15) is 5.11 Å². The van der Waals surface area contributed by atoms with Gasteiger partial charge < -0.3 is 23.6 Å². The van der Waals surface area contributed by atoms with Crippen LogP contribution in [0.2, 0.25) is 0 Å². The van der Waals surface area contributed by atoms with Crippen LogP contribution in [-0.4, -0.2) is 37.6 Å². The number of nitrogens with zero attached hydrogens (tertiary/aromatic N) is 4. The fourth-order valence-corrected chi connectivity index (χ4v) is 4.75. The van der Waals surface area contributed by atoms with Crippen molar-refractivity contribution in [3.05, 3.63) is 65.9 Å². The summed E-state index contributed by atoms with van der Waals surface area (Å²) in [6.45, 7) is 8.09. The molecule has 8 heteroatoms. The maximum absolute atomic E-state index is 11.3. The van der Waals surface area contributed by atoms with E-state index in [2.05, 4.69) is 15.2 Å². The Bertz CT molecular complexity index is 1350. The van der Waals surface area contributed by atoms with Crippen molar-refractivity contribution in [3.63, 3.8) is 0 Å². The molecule has 0 saturated carbocycles. The third-order valence-corrected chi connectivity index (χ3v) is 6.67. The number of rotatable bonds is 6. The van der Waals surface area contributed by atoms with Crippen molar-refractivity contribution >= 4 is 0 Å². The summed E-state index contributed by atoms with van der Waals surface area (Å²) in [4.78, 5) is 4.19. The fraction of sp³-hybridized carbons (Fsp3) is 0.370. The first-order valence-electron chi connectivity index (χ1n) is 11.7. The maximum atomic E-state index is 11.3. The van der Waals surface area contributed by atoms with Crippen LogP contribution >= 0.6 is 0 Å². The van der Waals surface area contributed by atoms with Gasteiger partial charge in [-0.15, -0.1) is 10.2 Å². The largest absolute Gasteiger partial charge is 0.496 e. The molecule has 35 heavy (non-hydrogen) atoms. The summed E-state index contributed by atoms with van der Waals surface area (Å²) in [5.74, 6) is 3.87. The van der Waals surface area contributed by atoms with Gasteiger partial charge in [-0.3, -0.25) is 0 Å². The highest BCUT2D eigenvalue weighted by molar-refractivity contribution is 5.71.